The summed E-state index contributed by atoms with van der Waals surface area (Å²) in [6, 6.07) is 19.2. The number of para-hydroxylation sites is 2. The number of hydrogen-bond donors (Lipinski definition) is 0. The largest absolute Gasteiger partial charge is 0.252 e. The van der Waals surface area contributed by atoms with Gasteiger partial charge in [-0.2, -0.15) is 0 Å². The molecule has 0 saturated heterocycles. The molecule has 0 spiro atoms. The van der Waals surface area contributed by atoms with Crippen molar-refractivity contribution in [2.45, 2.75) is 6.17 Å². The summed E-state index contributed by atoms with van der Waals surface area (Å²) in [6.45, 7) is 0. The van der Waals surface area contributed by atoms with Crippen molar-refractivity contribution in [3.05, 3.63) is 60.2 Å². The summed E-state index contributed by atoms with van der Waals surface area (Å²) >= 11 is 0. The predicted octanol–water partition coefficient (Wildman–Crippen LogP) is 2.85. The molecule has 4 rings (SSSR count). The van der Waals surface area contributed by atoms with E-state index >= 15 is 0 Å². The van der Waals surface area contributed by atoms with E-state index in [2.05, 4.69) is 64.0 Å². The Kier molecular flexibility index (Phi) is 1.15. The van der Waals surface area contributed by atoms with Gasteiger partial charge in [0, 0.05) is 0 Å². The van der Waals surface area contributed by atoms with Crippen molar-refractivity contribution >= 4 is 11.0 Å². The fraction of sp³-hybridized carbons (Fsp3) is 0.0769. The highest BCUT2D eigenvalue weighted by Gasteiger charge is 2.38. The topological polar surface area (TPSA) is 9.86 Å². The van der Waals surface area contributed by atoms with Gasteiger partial charge in [-0.15, -0.1) is 0 Å². The molecule has 0 amide bonds. The van der Waals surface area contributed by atoms with Crippen LogP contribution >= 0.6 is 0 Å². The molecule has 0 radical (unpaired) electrons. The molecule has 15 heavy (non-hydrogen) atoms. The van der Waals surface area contributed by atoms with Gasteiger partial charge in [0.25, 0.3) is 0 Å². The minimum absolute atomic E-state index is 0.448. The van der Waals surface area contributed by atoms with Gasteiger partial charge in [0.15, 0.2) is 6.17 Å². The summed E-state index contributed by atoms with van der Waals surface area (Å²) in [5.74, 6) is 0. The van der Waals surface area contributed by atoms with Crippen molar-refractivity contribution in [1.29, 1.82) is 0 Å². The van der Waals surface area contributed by atoms with Crippen molar-refractivity contribution in [3.8, 4) is 0 Å². The second kappa shape index (κ2) is 2.34. The van der Waals surface area contributed by atoms with Crippen molar-refractivity contribution in [3.63, 3.8) is 0 Å². The predicted molar refractivity (Wildman–Crippen MR) is 59.9 cm³/mol. The van der Waals surface area contributed by atoms with Crippen molar-refractivity contribution in [2.24, 2.45) is 0 Å². The van der Waals surface area contributed by atoms with Crippen LogP contribution in [0.15, 0.2) is 54.6 Å². The van der Waals surface area contributed by atoms with E-state index in [0.29, 0.717) is 6.17 Å². The van der Waals surface area contributed by atoms with Crippen LogP contribution in [0.5, 0.6) is 0 Å². The van der Waals surface area contributed by atoms with E-state index in [-0.39, 0.29) is 0 Å². The van der Waals surface area contributed by atoms with Crippen molar-refractivity contribution in [2.75, 3.05) is 0 Å². The Morgan fingerprint density at radius 2 is 1.20 bits per heavy atom. The number of hydrogen-bond acceptors (Lipinski definition) is 0. The molecule has 72 valence electrons. The fourth-order valence-corrected chi connectivity index (χ4v) is 2.38. The van der Waals surface area contributed by atoms with Crippen LogP contribution < -0.4 is 0 Å². The summed E-state index contributed by atoms with van der Waals surface area (Å²) < 4.78 is 4.65. The third kappa shape index (κ3) is 0.796. The Bertz CT molecular complexity index is 594. The molecule has 1 aliphatic heterocycles. The molecule has 2 nitrogen and oxygen atoms in total. The number of rotatable bonds is 1. The second-order valence-electron chi connectivity index (χ2n) is 3.96. The van der Waals surface area contributed by atoms with Crippen molar-refractivity contribution in [1.82, 2.24) is 9.36 Å². The van der Waals surface area contributed by atoms with Crippen LogP contribution in [0.25, 0.3) is 11.0 Å². The van der Waals surface area contributed by atoms with Gasteiger partial charge in [0.1, 0.15) is 0 Å². The van der Waals surface area contributed by atoms with Crippen LogP contribution in [0.1, 0.15) is 11.7 Å². The third-order valence-electron chi connectivity index (χ3n) is 3.11. The molecule has 0 unspecified atom stereocenters. The molecular formula is C13H10N2. The standard InChI is InChI=1S/C13H10N2/c1-2-6-10(7-3-1)13-14-11-8-4-5-9-12(11)15(13)14/h1-9,13H. The minimum atomic E-state index is 0.448. The first-order valence-corrected chi connectivity index (χ1v) is 5.19. The van der Waals surface area contributed by atoms with E-state index in [1.165, 1.54) is 16.6 Å². The van der Waals surface area contributed by atoms with E-state index in [9.17, 15) is 0 Å². The lowest BCUT2D eigenvalue weighted by Gasteiger charge is -1.97. The maximum atomic E-state index is 2.32. The third-order valence-corrected chi connectivity index (χ3v) is 3.11. The zero-order valence-corrected chi connectivity index (χ0v) is 8.17. The Labute approximate surface area is 87.3 Å². The fourth-order valence-electron chi connectivity index (χ4n) is 2.38. The first kappa shape index (κ1) is 7.35. The van der Waals surface area contributed by atoms with Gasteiger partial charge in [-0.1, -0.05) is 42.5 Å². The maximum absolute atomic E-state index is 2.32. The first-order valence-electron chi connectivity index (χ1n) is 5.19. The SMILES string of the molecule is c1ccc(C2n3c4ccccc4n32)cc1. The molecule has 2 heterocycles. The van der Waals surface area contributed by atoms with Crippen LogP contribution in [0.3, 0.4) is 0 Å². The molecule has 0 saturated carbocycles. The van der Waals surface area contributed by atoms with Gasteiger partial charge >= 0.3 is 0 Å². The van der Waals surface area contributed by atoms with E-state index in [1.54, 1.807) is 0 Å². The highest BCUT2D eigenvalue weighted by molar-refractivity contribution is 5.82. The van der Waals surface area contributed by atoms with Gasteiger partial charge < -0.3 is 0 Å². The Balaban J connectivity index is 1.86. The van der Waals surface area contributed by atoms with Gasteiger partial charge in [0.2, 0.25) is 0 Å². The van der Waals surface area contributed by atoms with Gasteiger partial charge in [0.05, 0.1) is 11.0 Å². The Morgan fingerprint density at radius 1 is 0.667 bits per heavy atom. The second-order valence-corrected chi connectivity index (χ2v) is 3.96. The highest BCUT2D eigenvalue weighted by Crippen LogP contribution is 2.42. The average Bonchev–Trinajstić information content (AvgIpc) is 2.96. The summed E-state index contributed by atoms with van der Waals surface area (Å²) in [5, 5.41) is 0. The minimum Gasteiger partial charge on any atom is -0.252 e. The number of benzene rings is 2. The van der Waals surface area contributed by atoms with Crippen LogP contribution in [0, 0.1) is 0 Å². The van der Waals surface area contributed by atoms with Crippen molar-refractivity contribution < 1.29 is 0 Å². The van der Waals surface area contributed by atoms with E-state index in [0.717, 1.165) is 0 Å². The lowest BCUT2D eigenvalue weighted by atomic mass is 10.2. The quantitative estimate of drug-likeness (QED) is 0.441. The van der Waals surface area contributed by atoms with Crippen LogP contribution in [0.2, 0.25) is 0 Å². The average molecular weight is 194 g/mol. The number of fused-ring (bicyclic) bond motifs is 4. The van der Waals surface area contributed by atoms with E-state index in [1.807, 2.05) is 0 Å². The molecule has 1 aliphatic rings. The smallest absolute Gasteiger partial charge is 0.166 e. The normalized spacial score (nSPS) is 14.4. The lowest BCUT2D eigenvalue weighted by Crippen LogP contribution is -1.87. The van der Waals surface area contributed by atoms with Crippen LogP contribution in [0.4, 0.5) is 0 Å². The molecule has 3 aromatic rings. The number of aromatic nitrogens is 2. The van der Waals surface area contributed by atoms with Crippen LogP contribution in [-0.2, 0) is 0 Å². The van der Waals surface area contributed by atoms with Crippen LogP contribution in [-0.4, -0.2) is 9.36 Å². The zero-order valence-electron chi connectivity index (χ0n) is 8.17. The molecule has 0 atom stereocenters. The Morgan fingerprint density at radius 3 is 1.80 bits per heavy atom. The summed E-state index contributed by atoms with van der Waals surface area (Å²) in [4.78, 5) is 0. The lowest BCUT2D eigenvalue weighted by molar-refractivity contribution is 0.978. The van der Waals surface area contributed by atoms with Gasteiger partial charge in [-0.05, 0) is 17.7 Å². The van der Waals surface area contributed by atoms with E-state index < -0.39 is 0 Å². The molecule has 0 aliphatic carbocycles. The zero-order chi connectivity index (χ0) is 9.83. The molecule has 2 heteroatoms. The monoisotopic (exact) mass is 194 g/mol. The first-order chi connectivity index (χ1) is 7.47. The molecular weight excluding hydrogens is 184 g/mol. The Hall–Kier alpha value is -1.96. The van der Waals surface area contributed by atoms with Gasteiger partial charge in [-0.25, -0.2) is 0 Å². The summed E-state index contributed by atoms with van der Waals surface area (Å²) in [6.07, 6.45) is 0.448. The molecule has 1 aromatic heterocycles. The highest BCUT2D eigenvalue weighted by atomic mass is 15.7. The van der Waals surface area contributed by atoms with E-state index in [4.69, 9.17) is 0 Å². The summed E-state index contributed by atoms with van der Waals surface area (Å²) in [7, 11) is 0. The maximum Gasteiger partial charge on any atom is 0.166 e. The molecule has 0 N–H and O–H groups in total. The number of nitrogens with zero attached hydrogens (tertiary/aromatic N) is 2. The summed E-state index contributed by atoms with van der Waals surface area (Å²) in [5.41, 5.74) is 4.08. The molecule has 2 aromatic carbocycles. The molecule has 0 bridgehead atoms. The molecule has 0 fully saturated rings. The van der Waals surface area contributed by atoms with Gasteiger partial charge in [-0.3, -0.25) is 9.36 Å².